The predicted octanol–water partition coefficient (Wildman–Crippen LogP) is 11.4. The number of thioether (sulfide) groups is 1. The molecule has 3 aromatic heterocycles. The van der Waals surface area contributed by atoms with E-state index in [4.69, 9.17) is 4.42 Å². The average Bonchev–Trinajstić information content (AvgIpc) is 3.79. The molecule has 1 unspecified atom stereocenters. The maximum atomic E-state index is 6.37. The molecule has 0 radical (unpaired) electrons. The fourth-order valence-electron chi connectivity index (χ4n) is 6.81. The van der Waals surface area contributed by atoms with Gasteiger partial charge in [0, 0.05) is 52.7 Å². The molecule has 1 atom stereocenters. The molecule has 1 aliphatic heterocycles. The van der Waals surface area contributed by atoms with Gasteiger partial charge in [0.25, 0.3) is 0 Å². The number of fused-ring (bicyclic) bond motifs is 11. The van der Waals surface area contributed by atoms with E-state index in [0.29, 0.717) is 0 Å². The van der Waals surface area contributed by atoms with Gasteiger partial charge in [-0.15, -0.1) is 11.3 Å². The number of para-hydroxylation sites is 2. The summed E-state index contributed by atoms with van der Waals surface area (Å²) in [5.41, 5.74) is 7.98. The number of hydrogen-bond acceptors (Lipinski definition) is 4. The topological polar surface area (TPSA) is 30.1 Å². The first-order valence-corrected chi connectivity index (χ1v) is 15.8. The van der Waals surface area contributed by atoms with Gasteiger partial charge in [-0.3, -0.25) is 0 Å². The molecule has 0 spiro atoms. The lowest BCUT2D eigenvalue weighted by molar-refractivity contribution is 0.669. The van der Waals surface area contributed by atoms with Gasteiger partial charge >= 0.3 is 0 Å². The lowest BCUT2D eigenvalue weighted by atomic mass is 10.0. The van der Waals surface area contributed by atoms with Crippen LogP contribution >= 0.6 is 23.1 Å². The quantitative estimate of drug-likeness (QED) is 0.223. The molecular weight excluding hydrogens is 553 g/mol. The van der Waals surface area contributed by atoms with Crippen LogP contribution in [0.3, 0.4) is 0 Å². The fraction of sp³-hybridized carbons (Fsp3) is 0.0270. The van der Waals surface area contributed by atoms with E-state index < -0.39 is 0 Å². The molecule has 0 bridgehead atoms. The van der Waals surface area contributed by atoms with Crippen molar-refractivity contribution in [1.29, 1.82) is 0 Å². The van der Waals surface area contributed by atoms with Crippen molar-refractivity contribution < 1.29 is 4.42 Å². The Kier molecular flexibility index (Phi) is 4.59. The highest BCUT2D eigenvalue weighted by Gasteiger charge is 2.31. The van der Waals surface area contributed by atoms with Crippen LogP contribution in [0.1, 0.15) is 5.50 Å². The zero-order chi connectivity index (χ0) is 27.4. The van der Waals surface area contributed by atoms with E-state index in [1.54, 1.807) is 0 Å². The van der Waals surface area contributed by atoms with Crippen molar-refractivity contribution in [3.8, 4) is 11.1 Å². The Morgan fingerprint density at radius 3 is 2.26 bits per heavy atom. The number of thiophene rings is 1. The maximum absolute atomic E-state index is 6.37. The van der Waals surface area contributed by atoms with E-state index in [-0.39, 0.29) is 5.50 Å². The maximum Gasteiger partial charge on any atom is 0.157 e. The van der Waals surface area contributed by atoms with Crippen LogP contribution in [0, 0.1) is 0 Å². The zero-order valence-electron chi connectivity index (χ0n) is 22.3. The molecule has 42 heavy (non-hydrogen) atoms. The van der Waals surface area contributed by atoms with Gasteiger partial charge in [-0.05, 0) is 41.5 Å². The summed E-state index contributed by atoms with van der Waals surface area (Å²) in [5.74, 6) is 0. The number of nitrogens with zero attached hydrogens (tertiary/aromatic N) is 1. The molecule has 0 aliphatic carbocycles. The highest BCUT2D eigenvalue weighted by atomic mass is 32.2. The summed E-state index contributed by atoms with van der Waals surface area (Å²) in [5, 5.41) is 11.5. The summed E-state index contributed by atoms with van der Waals surface area (Å²) in [7, 11) is 0. The standard InChI is InChI=1S/C37H22N2OS2/c1-2-10-21(11-3-1)25-19-33-34(24-14-6-9-17-32(24)41-33)35-36(25)42-37(38-35)39-28-15-7-4-12-22(28)26-18-27-23-13-5-8-16-30(23)40-31(27)20-29(26)39/h1-20,37-38H. The second-order valence-electron chi connectivity index (χ2n) is 10.9. The van der Waals surface area contributed by atoms with E-state index in [2.05, 4.69) is 125 Å². The van der Waals surface area contributed by atoms with Gasteiger partial charge < -0.3 is 14.3 Å². The number of hydrogen-bond donors (Lipinski definition) is 1. The molecule has 0 amide bonds. The first-order valence-electron chi connectivity index (χ1n) is 14.1. The highest BCUT2D eigenvalue weighted by Crippen LogP contribution is 2.56. The Bertz CT molecular complexity index is 2540. The molecular formula is C37H22N2OS2. The molecule has 3 nitrogen and oxygen atoms in total. The minimum atomic E-state index is -0.0176. The van der Waals surface area contributed by atoms with Crippen molar-refractivity contribution in [3.05, 3.63) is 121 Å². The molecule has 0 saturated carbocycles. The van der Waals surface area contributed by atoms with Gasteiger partial charge in [-0.25, -0.2) is 0 Å². The lowest BCUT2D eigenvalue weighted by Crippen LogP contribution is -2.10. The zero-order valence-corrected chi connectivity index (χ0v) is 23.9. The van der Waals surface area contributed by atoms with Crippen LogP contribution in [-0.4, -0.2) is 4.57 Å². The van der Waals surface area contributed by atoms with Crippen LogP contribution in [0.15, 0.2) is 131 Å². The van der Waals surface area contributed by atoms with Crippen molar-refractivity contribution in [1.82, 2.24) is 4.57 Å². The molecule has 1 aliphatic rings. The third kappa shape index (κ3) is 3.07. The Balaban J connectivity index is 1.25. The van der Waals surface area contributed by atoms with Crippen molar-refractivity contribution in [2.45, 2.75) is 10.4 Å². The first-order chi connectivity index (χ1) is 20.8. The Labute approximate surface area is 249 Å². The van der Waals surface area contributed by atoms with Gasteiger partial charge in [0.2, 0.25) is 0 Å². The van der Waals surface area contributed by atoms with E-state index in [9.17, 15) is 0 Å². The third-order valence-electron chi connectivity index (χ3n) is 8.64. The molecule has 6 aromatic carbocycles. The summed E-state index contributed by atoms with van der Waals surface area (Å²) < 4.78 is 11.5. The monoisotopic (exact) mass is 574 g/mol. The van der Waals surface area contributed by atoms with E-state index in [1.165, 1.54) is 63.7 Å². The van der Waals surface area contributed by atoms with Gasteiger partial charge in [-0.1, -0.05) is 96.7 Å². The first kappa shape index (κ1) is 22.9. The highest BCUT2D eigenvalue weighted by molar-refractivity contribution is 8.00. The fourth-order valence-corrected chi connectivity index (χ4v) is 9.28. The molecule has 198 valence electrons. The second kappa shape index (κ2) is 8.41. The molecule has 5 heteroatoms. The van der Waals surface area contributed by atoms with Gasteiger partial charge in [0.05, 0.1) is 16.7 Å². The number of aromatic nitrogens is 1. The summed E-state index contributed by atoms with van der Waals surface area (Å²) in [6, 6.07) is 43.6. The van der Waals surface area contributed by atoms with Gasteiger partial charge in [0.15, 0.2) is 5.50 Å². The van der Waals surface area contributed by atoms with Crippen LogP contribution in [0.5, 0.6) is 0 Å². The third-order valence-corrected chi connectivity index (χ3v) is 11.0. The van der Waals surface area contributed by atoms with Crippen molar-refractivity contribution >= 4 is 92.7 Å². The summed E-state index contributed by atoms with van der Waals surface area (Å²) in [6.45, 7) is 0. The molecule has 0 fully saturated rings. The lowest BCUT2D eigenvalue weighted by Gasteiger charge is -2.16. The molecule has 10 rings (SSSR count). The Morgan fingerprint density at radius 2 is 1.36 bits per heavy atom. The number of benzene rings is 6. The number of rotatable bonds is 2. The molecule has 1 N–H and O–H groups in total. The SMILES string of the molecule is c1ccc(-c2cc3sc4ccccc4c3c3c2SC(n2c4ccccc4c4cc5c(cc42)oc2ccccc25)N3)cc1. The average molecular weight is 575 g/mol. The Morgan fingerprint density at radius 1 is 0.595 bits per heavy atom. The molecule has 9 aromatic rings. The van der Waals surface area contributed by atoms with Gasteiger partial charge in [-0.2, -0.15) is 0 Å². The normalized spacial score (nSPS) is 15.0. The van der Waals surface area contributed by atoms with Crippen LogP contribution in [0.2, 0.25) is 0 Å². The van der Waals surface area contributed by atoms with Gasteiger partial charge in [0.1, 0.15) is 11.2 Å². The number of anilines is 1. The van der Waals surface area contributed by atoms with Crippen molar-refractivity contribution in [2.24, 2.45) is 0 Å². The number of nitrogens with one attached hydrogen (secondary N) is 1. The summed E-state index contributed by atoms with van der Waals surface area (Å²) in [6.07, 6.45) is 0. The van der Waals surface area contributed by atoms with E-state index >= 15 is 0 Å². The number of furan rings is 1. The van der Waals surface area contributed by atoms with E-state index in [1.807, 2.05) is 29.2 Å². The van der Waals surface area contributed by atoms with Crippen LogP contribution in [-0.2, 0) is 0 Å². The Hall–Kier alpha value is -4.71. The van der Waals surface area contributed by atoms with Crippen molar-refractivity contribution in [3.63, 3.8) is 0 Å². The van der Waals surface area contributed by atoms with Crippen molar-refractivity contribution in [2.75, 3.05) is 5.32 Å². The van der Waals surface area contributed by atoms with E-state index in [0.717, 1.165) is 21.9 Å². The van der Waals surface area contributed by atoms with Crippen LogP contribution in [0.4, 0.5) is 5.69 Å². The molecule has 0 saturated heterocycles. The predicted molar refractivity (Wildman–Crippen MR) is 180 cm³/mol. The molecule has 4 heterocycles. The summed E-state index contributed by atoms with van der Waals surface area (Å²) >= 11 is 3.78. The minimum Gasteiger partial charge on any atom is -0.456 e. The second-order valence-corrected chi connectivity index (χ2v) is 13.1. The minimum absolute atomic E-state index is 0.0176. The smallest absolute Gasteiger partial charge is 0.157 e. The largest absolute Gasteiger partial charge is 0.456 e. The summed E-state index contributed by atoms with van der Waals surface area (Å²) in [4.78, 5) is 1.30. The van der Waals surface area contributed by atoms with Crippen LogP contribution in [0.25, 0.3) is 75.0 Å². The van der Waals surface area contributed by atoms with Crippen LogP contribution < -0.4 is 5.32 Å².